The zero-order chi connectivity index (χ0) is 19.7. The summed E-state index contributed by atoms with van der Waals surface area (Å²) in [7, 11) is 0. The third-order valence-electron chi connectivity index (χ3n) is 4.28. The molecule has 0 aliphatic rings. The summed E-state index contributed by atoms with van der Waals surface area (Å²) in [6.07, 6.45) is 1.55. The summed E-state index contributed by atoms with van der Waals surface area (Å²) >= 11 is 14.9. The van der Waals surface area contributed by atoms with Crippen molar-refractivity contribution < 1.29 is 4.79 Å². The smallest absolute Gasteiger partial charge is 0.173 e. The molecule has 4 rings (SSSR count). The van der Waals surface area contributed by atoms with Gasteiger partial charge in [0.1, 0.15) is 16.2 Å². The Bertz CT molecular complexity index is 1170. The van der Waals surface area contributed by atoms with Crippen molar-refractivity contribution in [1.29, 1.82) is 0 Å². The highest BCUT2D eigenvalue weighted by molar-refractivity contribution is 8.00. The summed E-state index contributed by atoms with van der Waals surface area (Å²) in [6.45, 7) is 2.06. The number of carbonyl (C=O) groups is 1. The van der Waals surface area contributed by atoms with Crippen molar-refractivity contribution in [3.8, 4) is 11.1 Å². The number of thioether (sulfide) groups is 1. The van der Waals surface area contributed by atoms with E-state index in [1.165, 1.54) is 17.3 Å². The number of halogens is 2. The Hall–Kier alpha value is -1.92. The third-order valence-corrected chi connectivity index (χ3v) is 6.89. The second-order valence-electron chi connectivity index (χ2n) is 6.22. The fourth-order valence-electron chi connectivity index (χ4n) is 2.79. The van der Waals surface area contributed by atoms with Gasteiger partial charge in [0, 0.05) is 16.5 Å². The number of Topliss-reactive ketones (excluding diaryl/α,β-unsaturated/α-hetero) is 1. The van der Waals surface area contributed by atoms with Crippen LogP contribution in [0.25, 0.3) is 21.3 Å². The molecule has 140 valence electrons. The van der Waals surface area contributed by atoms with Gasteiger partial charge < -0.3 is 0 Å². The average molecular weight is 445 g/mol. The molecule has 7 heteroatoms. The fourth-order valence-corrected chi connectivity index (χ4v) is 4.98. The Balaban J connectivity index is 1.63. The first-order valence-corrected chi connectivity index (χ1v) is 11.1. The van der Waals surface area contributed by atoms with Crippen molar-refractivity contribution >= 4 is 62.3 Å². The summed E-state index contributed by atoms with van der Waals surface area (Å²) in [4.78, 5) is 22.3. The van der Waals surface area contributed by atoms with Gasteiger partial charge in [-0.25, -0.2) is 9.97 Å². The van der Waals surface area contributed by atoms with Gasteiger partial charge in [-0.15, -0.1) is 11.3 Å². The van der Waals surface area contributed by atoms with E-state index in [0.29, 0.717) is 15.6 Å². The van der Waals surface area contributed by atoms with Crippen molar-refractivity contribution in [3.05, 3.63) is 75.3 Å². The van der Waals surface area contributed by atoms with Crippen LogP contribution in [0.2, 0.25) is 10.0 Å². The van der Waals surface area contributed by atoms with Gasteiger partial charge in [-0.05, 0) is 30.7 Å². The minimum absolute atomic E-state index is 0.0255. The van der Waals surface area contributed by atoms with E-state index in [0.717, 1.165) is 26.4 Å². The molecule has 0 atom stereocenters. The molecule has 0 amide bonds. The molecule has 0 unspecified atom stereocenters. The lowest BCUT2D eigenvalue weighted by Crippen LogP contribution is -2.02. The van der Waals surface area contributed by atoms with Gasteiger partial charge >= 0.3 is 0 Å². The van der Waals surface area contributed by atoms with Gasteiger partial charge in [0.15, 0.2) is 5.78 Å². The maximum atomic E-state index is 12.6. The maximum absolute atomic E-state index is 12.6. The van der Waals surface area contributed by atoms with Crippen molar-refractivity contribution in [2.45, 2.75) is 11.9 Å². The van der Waals surface area contributed by atoms with Crippen molar-refractivity contribution in [2.75, 3.05) is 5.75 Å². The van der Waals surface area contributed by atoms with E-state index in [2.05, 4.69) is 46.5 Å². The lowest BCUT2D eigenvalue weighted by atomic mass is 10.1. The summed E-state index contributed by atoms with van der Waals surface area (Å²) in [5.74, 6) is 0.232. The molecule has 28 heavy (non-hydrogen) atoms. The number of carbonyl (C=O) groups excluding carboxylic acids is 1. The molecule has 2 heterocycles. The molecule has 0 N–H and O–H groups in total. The summed E-state index contributed by atoms with van der Waals surface area (Å²) in [5.41, 5.74) is 3.95. The molecule has 0 saturated heterocycles. The molecule has 0 saturated carbocycles. The number of thiophene rings is 1. The summed E-state index contributed by atoms with van der Waals surface area (Å²) in [6, 6.07) is 13.3. The molecular formula is C21H14Cl2N2OS2. The monoisotopic (exact) mass is 444 g/mol. The second-order valence-corrected chi connectivity index (χ2v) is 8.85. The number of hydrogen-bond acceptors (Lipinski definition) is 5. The Labute approximate surface area is 180 Å². The van der Waals surface area contributed by atoms with Crippen molar-refractivity contribution in [3.63, 3.8) is 0 Å². The van der Waals surface area contributed by atoms with E-state index in [1.807, 2.05) is 0 Å². The molecule has 0 bridgehead atoms. The summed E-state index contributed by atoms with van der Waals surface area (Å²) < 4.78 is 0. The van der Waals surface area contributed by atoms with Gasteiger partial charge in [-0.3, -0.25) is 4.79 Å². The second kappa shape index (κ2) is 8.21. The topological polar surface area (TPSA) is 42.9 Å². The minimum atomic E-state index is -0.0255. The van der Waals surface area contributed by atoms with Crippen LogP contribution >= 0.6 is 46.3 Å². The molecule has 0 radical (unpaired) electrons. The zero-order valence-corrected chi connectivity index (χ0v) is 17.9. The van der Waals surface area contributed by atoms with Gasteiger partial charge in [0.2, 0.25) is 0 Å². The van der Waals surface area contributed by atoms with Gasteiger partial charge in [0.05, 0.1) is 21.2 Å². The molecular weight excluding hydrogens is 431 g/mol. The zero-order valence-electron chi connectivity index (χ0n) is 14.8. The lowest BCUT2D eigenvalue weighted by molar-refractivity contribution is 0.102. The van der Waals surface area contributed by atoms with Crippen LogP contribution in [-0.2, 0) is 0 Å². The first-order chi connectivity index (χ1) is 13.5. The number of aromatic nitrogens is 2. The minimum Gasteiger partial charge on any atom is -0.293 e. The fraction of sp³-hybridized carbons (Fsp3) is 0.0952. The van der Waals surface area contributed by atoms with Crippen LogP contribution < -0.4 is 0 Å². The van der Waals surface area contributed by atoms with E-state index in [1.54, 1.807) is 35.9 Å². The Kier molecular flexibility index (Phi) is 5.69. The first-order valence-electron chi connectivity index (χ1n) is 8.43. The molecule has 0 aliphatic carbocycles. The van der Waals surface area contributed by atoms with Crippen LogP contribution in [0.5, 0.6) is 0 Å². The van der Waals surface area contributed by atoms with Crippen molar-refractivity contribution in [2.24, 2.45) is 0 Å². The van der Waals surface area contributed by atoms with Crippen LogP contribution in [-0.4, -0.2) is 21.5 Å². The van der Waals surface area contributed by atoms with E-state index < -0.39 is 0 Å². The van der Waals surface area contributed by atoms with Crippen molar-refractivity contribution in [1.82, 2.24) is 9.97 Å². The van der Waals surface area contributed by atoms with Crippen LogP contribution in [0.4, 0.5) is 0 Å². The highest BCUT2D eigenvalue weighted by atomic mass is 35.5. The quantitative estimate of drug-likeness (QED) is 0.189. The molecule has 0 aliphatic heterocycles. The van der Waals surface area contributed by atoms with Crippen LogP contribution in [0, 0.1) is 6.92 Å². The van der Waals surface area contributed by atoms with Crippen LogP contribution in [0.1, 0.15) is 15.9 Å². The van der Waals surface area contributed by atoms with Gasteiger partial charge in [-0.1, -0.05) is 64.8 Å². The number of rotatable bonds is 5. The third kappa shape index (κ3) is 3.94. The van der Waals surface area contributed by atoms with Gasteiger partial charge in [-0.2, -0.15) is 0 Å². The highest BCUT2D eigenvalue weighted by Crippen LogP contribution is 2.38. The predicted octanol–water partition coefficient (Wildman–Crippen LogP) is 6.95. The number of nitrogens with zero attached hydrogens (tertiary/aromatic N) is 2. The Morgan fingerprint density at radius 2 is 1.86 bits per heavy atom. The molecule has 4 aromatic rings. The van der Waals surface area contributed by atoms with Crippen LogP contribution in [0.15, 0.2) is 59.2 Å². The number of hydrogen-bond donors (Lipinski definition) is 0. The first kappa shape index (κ1) is 19.4. The van der Waals surface area contributed by atoms with Gasteiger partial charge in [0.25, 0.3) is 0 Å². The standard InChI is InChI=1S/C21H14Cl2N2OS2/c1-12-2-4-13(5-3-12)15-9-27-20-19(15)21(25-11-24-20)28-10-18(26)14-6-7-16(22)17(23)8-14/h2-9,11H,10H2,1H3. The highest BCUT2D eigenvalue weighted by Gasteiger charge is 2.16. The van der Waals surface area contributed by atoms with E-state index >= 15 is 0 Å². The van der Waals surface area contributed by atoms with E-state index in [4.69, 9.17) is 23.2 Å². The SMILES string of the molecule is Cc1ccc(-c2csc3ncnc(SCC(=O)c4ccc(Cl)c(Cl)c4)c23)cc1. The largest absolute Gasteiger partial charge is 0.293 e. The molecule has 0 fully saturated rings. The molecule has 3 nitrogen and oxygen atoms in total. The molecule has 2 aromatic heterocycles. The molecule has 2 aromatic carbocycles. The number of ketones is 1. The van der Waals surface area contributed by atoms with E-state index in [-0.39, 0.29) is 11.5 Å². The summed E-state index contributed by atoms with van der Waals surface area (Å²) in [5, 5.41) is 4.69. The molecule has 0 spiro atoms. The van der Waals surface area contributed by atoms with Crippen LogP contribution in [0.3, 0.4) is 0 Å². The number of aryl methyl sites for hydroxylation is 1. The average Bonchev–Trinajstić information content (AvgIpc) is 3.13. The predicted molar refractivity (Wildman–Crippen MR) is 119 cm³/mol. The lowest BCUT2D eigenvalue weighted by Gasteiger charge is -2.06. The maximum Gasteiger partial charge on any atom is 0.173 e. The Morgan fingerprint density at radius 3 is 2.61 bits per heavy atom. The van der Waals surface area contributed by atoms with E-state index in [9.17, 15) is 4.79 Å². The number of benzene rings is 2. The Morgan fingerprint density at radius 1 is 1.07 bits per heavy atom. The number of fused-ring (bicyclic) bond motifs is 1. The normalized spacial score (nSPS) is 11.1.